The predicted octanol–water partition coefficient (Wildman–Crippen LogP) is 5.76. The van der Waals surface area contributed by atoms with Crippen LogP contribution in [0.25, 0.3) is 10.9 Å². The summed E-state index contributed by atoms with van der Waals surface area (Å²) in [7, 11) is 1.57. The number of rotatable bonds is 5. The number of nitrogens with zero attached hydrogens (tertiary/aromatic N) is 1. The maximum absolute atomic E-state index is 14.3. The largest absolute Gasteiger partial charge is 0.496 e. The van der Waals surface area contributed by atoms with E-state index < -0.39 is 30.0 Å². The number of para-hydroxylation sites is 1. The summed E-state index contributed by atoms with van der Waals surface area (Å²) in [5.74, 6) is 0.694. The van der Waals surface area contributed by atoms with E-state index in [2.05, 4.69) is 4.98 Å². The molecule has 0 radical (unpaired) electrons. The second-order valence-corrected chi connectivity index (χ2v) is 8.77. The highest BCUT2D eigenvalue weighted by atomic mass is 19.4. The highest BCUT2D eigenvalue weighted by Gasteiger charge is 2.57. The van der Waals surface area contributed by atoms with Crippen molar-refractivity contribution in [3.8, 4) is 5.75 Å². The molecule has 0 bridgehead atoms. The van der Waals surface area contributed by atoms with Gasteiger partial charge in [0.25, 0.3) is 0 Å². The van der Waals surface area contributed by atoms with E-state index in [1.165, 1.54) is 6.20 Å². The lowest BCUT2D eigenvalue weighted by molar-refractivity contribution is -0.267. The first-order valence-corrected chi connectivity index (χ1v) is 10.4. The SMILES string of the molecule is COc1cccc2c1CCCC2(C)CC(O)(Cc1ccnc2ccccc12)C(F)(F)F. The number of aliphatic hydroxyl groups is 1. The van der Waals surface area contributed by atoms with E-state index in [9.17, 15) is 18.3 Å². The third-order valence-corrected chi connectivity index (χ3v) is 6.59. The third kappa shape index (κ3) is 3.89. The normalized spacial score (nSPS) is 20.8. The van der Waals surface area contributed by atoms with Gasteiger partial charge in [0.2, 0.25) is 0 Å². The topological polar surface area (TPSA) is 42.4 Å². The molecule has 6 heteroatoms. The van der Waals surface area contributed by atoms with E-state index in [1.807, 2.05) is 25.1 Å². The molecule has 3 nitrogen and oxygen atoms in total. The van der Waals surface area contributed by atoms with Crippen LogP contribution in [0.3, 0.4) is 0 Å². The molecule has 2 aromatic carbocycles. The van der Waals surface area contributed by atoms with Crippen molar-refractivity contribution in [2.24, 2.45) is 0 Å². The second kappa shape index (κ2) is 7.83. The fourth-order valence-electron chi connectivity index (χ4n) is 5.09. The van der Waals surface area contributed by atoms with Gasteiger partial charge in [0.1, 0.15) is 5.75 Å². The Morgan fingerprint density at radius 3 is 2.61 bits per heavy atom. The van der Waals surface area contributed by atoms with E-state index in [1.54, 1.807) is 37.4 Å². The Morgan fingerprint density at radius 2 is 1.87 bits per heavy atom. The van der Waals surface area contributed by atoms with Crippen LogP contribution in [-0.4, -0.2) is 29.0 Å². The summed E-state index contributed by atoms with van der Waals surface area (Å²) in [6.07, 6.45) is -2.14. The van der Waals surface area contributed by atoms with E-state index >= 15 is 0 Å². The van der Waals surface area contributed by atoms with Crippen molar-refractivity contribution in [3.05, 3.63) is 71.4 Å². The highest BCUT2D eigenvalue weighted by molar-refractivity contribution is 5.81. The van der Waals surface area contributed by atoms with Gasteiger partial charge in [-0.05, 0) is 66.0 Å². The van der Waals surface area contributed by atoms with Gasteiger partial charge in [-0.15, -0.1) is 0 Å². The number of halogens is 3. The lowest BCUT2D eigenvalue weighted by atomic mass is 9.65. The Hall–Kier alpha value is -2.60. The Labute approximate surface area is 179 Å². The van der Waals surface area contributed by atoms with Gasteiger partial charge in [-0.2, -0.15) is 13.2 Å². The molecule has 1 heterocycles. The van der Waals surface area contributed by atoms with Crippen molar-refractivity contribution in [3.63, 3.8) is 0 Å². The quantitative estimate of drug-likeness (QED) is 0.560. The maximum Gasteiger partial charge on any atom is 0.417 e. The van der Waals surface area contributed by atoms with Gasteiger partial charge < -0.3 is 9.84 Å². The van der Waals surface area contributed by atoms with Crippen LogP contribution in [0.5, 0.6) is 5.75 Å². The third-order valence-electron chi connectivity index (χ3n) is 6.59. The van der Waals surface area contributed by atoms with Crippen molar-refractivity contribution in [2.45, 2.75) is 56.2 Å². The van der Waals surface area contributed by atoms with Gasteiger partial charge in [-0.3, -0.25) is 4.98 Å². The lowest BCUT2D eigenvalue weighted by Crippen LogP contribution is -2.52. The molecule has 0 aliphatic heterocycles. The average molecular weight is 429 g/mol. The molecular formula is C25H26F3NO2. The summed E-state index contributed by atoms with van der Waals surface area (Å²) in [6.45, 7) is 1.83. The minimum Gasteiger partial charge on any atom is -0.496 e. The van der Waals surface area contributed by atoms with E-state index in [-0.39, 0.29) is 0 Å². The van der Waals surface area contributed by atoms with Gasteiger partial charge in [0, 0.05) is 18.0 Å². The van der Waals surface area contributed by atoms with Gasteiger partial charge in [0.15, 0.2) is 5.60 Å². The van der Waals surface area contributed by atoms with Gasteiger partial charge in [-0.1, -0.05) is 37.3 Å². The standard InChI is InChI=1S/C25H26F3NO2/c1-23(13-6-8-19-20(23)9-5-11-22(19)31-2)16-24(30,25(26,27)28)15-17-12-14-29-21-10-4-3-7-18(17)21/h3-5,7,9-12,14,30H,6,8,13,15-16H2,1-2H3. The summed E-state index contributed by atoms with van der Waals surface area (Å²) in [6, 6.07) is 14.2. The van der Waals surface area contributed by atoms with Crippen LogP contribution >= 0.6 is 0 Å². The summed E-state index contributed by atoms with van der Waals surface area (Å²) < 4.78 is 48.5. The van der Waals surface area contributed by atoms with E-state index in [0.717, 1.165) is 24.0 Å². The summed E-state index contributed by atoms with van der Waals surface area (Å²) in [5, 5.41) is 11.8. The Balaban J connectivity index is 1.76. The molecule has 0 spiro atoms. The van der Waals surface area contributed by atoms with Crippen LogP contribution in [0.1, 0.15) is 42.9 Å². The van der Waals surface area contributed by atoms with Crippen molar-refractivity contribution in [2.75, 3.05) is 7.11 Å². The molecule has 0 amide bonds. The summed E-state index contributed by atoms with van der Waals surface area (Å²) >= 11 is 0. The first-order chi connectivity index (χ1) is 14.7. The molecule has 2 unspecified atom stereocenters. The van der Waals surface area contributed by atoms with Gasteiger partial charge in [-0.25, -0.2) is 0 Å². The molecule has 0 saturated carbocycles. The number of fused-ring (bicyclic) bond motifs is 2. The molecule has 0 saturated heterocycles. The van der Waals surface area contributed by atoms with Crippen LogP contribution in [0.15, 0.2) is 54.7 Å². The molecule has 1 N–H and O–H groups in total. The van der Waals surface area contributed by atoms with Gasteiger partial charge in [0.05, 0.1) is 12.6 Å². The zero-order chi connectivity index (χ0) is 22.3. The first kappa shape index (κ1) is 21.6. The number of hydrogen-bond acceptors (Lipinski definition) is 3. The molecule has 2 atom stereocenters. The minimum atomic E-state index is -4.78. The Morgan fingerprint density at radius 1 is 1.10 bits per heavy atom. The fraction of sp³-hybridized carbons (Fsp3) is 0.400. The first-order valence-electron chi connectivity index (χ1n) is 10.4. The summed E-state index contributed by atoms with van der Waals surface area (Å²) in [4.78, 5) is 4.24. The van der Waals surface area contributed by atoms with Crippen molar-refractivity contribution >= 4 is 10.9 Å². The average Bonchev–Trinajstić information content (AvgIpc) is 2.73. The molecule has 31 heavy (non-hydrogen) atoms. The predicted molar refractivity (Wildman–Crippen MR) is 114 cm³/mol. The minimum absolute atomic E-state index is 0.416. The molecule has 1 aliphatic carbocycles. The fourth-order valence-corrected chi connectivity index (χ4v) is 5.09. The number of methoxy groups -OCH3 is 1. The molecule has 3 aromatic rings. The van der Waals surface area contributed by atoms with Gasteiger partial charge >= 0.3 is 6.18 Å². The molecule has 0 fully saturated rings. The van der Waals surface area contributed by atoms with Crippen LogP contribution in [0.4, 0.5) is 13.2 Å². The second-order valence-electron chi connectivity index (χ2n) is 8.77. The van der Waals surface area contributed by atoms with Crippen LogP contribution < -0.4 is 4.74 Å². The number of hydrogen-bond donors (Lipinski definition) is 1. The highest BCUT2D eigenvalue weighted by Crippen LogP contribution is 2.49. The zero-order valence-electron chi connectivity index (χ0n) is 17.7. The van der Waals surface area contributed by atoms with Crippen LogP contribution in [-0.2, 0) is 18.3 Å². The van der Waals surface area contributed by atoms with Crippen molar-refractivity contribution < 1.29 is 23.0 Å². The van der Waals surface area contributed by atoms with E-state index in [0.29, 0.717) is 28.6 Å². The number of alkyl halides is 3. The number of aromatic nitrogens is 1. The van der Waals surface area contributed by atoms with Crippen LogP contribution in [0, 0.1) is 0 Å². The van der Waals surface area contributed by atoms with Crippen LogP contribution in [0.2, 0.25) is 0 Å². The zero-order valence-corrected chi connectivity index (χ0v) is 17.7. The lowest BCUT2D eigenvalue weighted by Gasteiger charge is -2.43. The molecule has 164 valence electrons. The molecule has 1 aliphatic rings. The number of ether oxygens (including phenoxy) is 1. The smallest absolute Gasteiger partial charge is 0.417 e. The molecule has 4 rings (SSSR count). The molecule has 1 aromatic heterocycles. The van der Waals surface area contributed by atoms with Crippen molar-refractivity contribution in [1.82, 2.24) is 4.98 Å². The number of benzene rings is 2. The Kier molecular flexibility index (Phi) is 5.46. The van der Waals surface area contributed by atoms with Crippen molar-refractivity contribution in [1.29, 1.82) is 0 Å². The Bertz CT molecular complexity index is 1090. The summed E-state index contributed by atoms with van der Waals surface area (Å²) in [5.41, 5.74) is -0.865. The maximum atomic E-state index is 14.3. The van der Waals surface area contributed by atoms with E-state index in [4.69, 9.17) is 4.74 Å². The molecular weight excluding hydrogens is 403 g/mol. The monoisotopic (exact) mass is 429 g/mol. The number of pyridine rings is 1.